The lowest BCUT2D eigenvalue weighted by Gasteiger charge is -2.05. The highest BCUT2D eigenvalue weighted by molar-refractivity contribution is 9.10. The van der Waals surface area contributed by atoms with Gasteiger partial charge in [0.1, 0.15) is 33.5 Å². The minimum Gasteiger partial charge on any atom is -0.358 e. The van der Waals surface area contributed by atoms with Gasteiger partial charge in [0, 0.05) is 4.47 Å². The van der Waals surface area contributed by atoms with E-state index in [1.54, 1.807) is 0 Å². The van der Waals surface area contributed by atoms with Crippen molar-refractivity contribution in [1.82, 2.24) is 19.5 Å². The molecule has 0 saturated heterocycles. The standard InChI is InChI=1S/C17H10BrN5OS/c1-2-7-19-15-12-13-14(25-16(12)21-8-20-15)17(24)23(9-22-13)11-5-3-10(18)4-6-11/h1,3-6,8-9H,7H2,(H,19,20,21). The van der Waals surface area contributed by atoms with Crippen molar-refractivity contribution in [1.29, 1.82) is 0 Å². The van der Waals surface area contributed by atoms with Gasteiger partial charge in [-0.3, -0.25) is 9.36 Å². The summed E-state index contributed by atoms with van der Waals surface area (Å²) < 4.78 is 3.00. The van der Waals surface area contributed by atoms with E-state index < -0.39 is 0 Å². The number of hydrogen-bond acceptors (Lipinski definition) is 6. The Balaban J connectivity index is 1.96. The van der Waals surface area contributed by atoms with Crippen LogP contribution in [0.5, 0.6) is 0 Å². The Hall–Kier alpha value is -2.76. The number of terminal acetylenes is 1. The fourth-order valence-corrected chi connectivity index (χ4v) is 3.81. The number of fused-ring (bicyclic) bond motifs is 3. The number of benzene rings is 1. The lowest BCUT2D eigenvalue weighted by atomic mass is 10.3. The predicted molar refractivity (Wildman–Crippen MR) is 103 cm³/mol. The van der Waals surface area contributed by atoms with Crippen LogP contribution in [0.1, 0.15) is 0 Å². The third kappa shape index (κ3) is 2.67. The molecule has 0 atom stereocenters. The van der Waals surface area contributed by atoms with Crippen LogP contribution in [0.3, 0.4) is 0 Å². The lowest BCUT2D eigenvalue weighted by Crippen LogP contribution is -2.17. The van der Waals surface area contributed by atoms with Gasteiger partial charge in [-0.1, -0.05) is 21.9 Å². The van der Waals surface area contributed by atoms with E-state index in [1.165, 1.54) is 28.6 Å². The Bertz CT molecular complexity index is 1190. The van der Waals surface area contributed by atoms with Crippen molar-refractivity contribution in [3.8, 4) is 18.0 Å². The summed E-state index contributed by atoms with van der Waals surface area (Å²) in [7, 11) is 0. The van der Waals surface area contributed by atoms with E-state index in [0.717, 1.165) is 15.5 Å². The summed E-state index contributed by atoms with van der Waals surface area (Å²) in [4.78, 5) is 26.6. The molecule has 0 saturated carbocycles. The zero-order valence-electron chi connectivity index (χ0n) is 12.7. The summed E-state index contributed by atoms with van der Waals surface area (Å²) in [5, 5.41) is 3.77. The molecule has 0 aliphatic heterocycles. The molecule has 0 radical (unpaired) electrons. The molecule has 0 spiro atoms. The van der Waals surface area contributed by atoms with Crippen LogP contribution >= 0.6 is 27.3 Å². The summed E-state index contributed by atoms with van der Waals surface area (Å²) in [6.07, 6.45) is 8.28. The maximum Gasteiger partial charge on any atom is 0.275 e. The molecule has 1 N–H and O–H groups in total. The second-order valence-corrected chi connectivity index (χ2v) is 7.05. The van der Waals surface area contributed by atoms with Crippen LogP contribution in [0.15, 0.2) is 46.2 Å². The van der Waals surface area contributed by atoms with Crippen molar-refractivity contribution in [2.24, 2.45) is 0 Å². The maximum absolute atomic E-state index is 12.9. The van der Waals surface area contributed by atoms with Gasteiger partial charge in [-0.25, -0.2) is 15.0 Å². The molecule has 0 aliphatic carbocycles. The molecule has 3 heterocycles. The molecule has 0 bridgehead atoms. The number of halogens is 1. The van der Waals surface area contributed by atoms with Crippen LogP contribution in [0, 0.1) is 12.3 Å². The minimum atomic E-state index is -0.141. The summed E-state index contributed by atoms with van der Waals surface area (Å²) >= 11 is 4.69. The fraction of sp³-hybridized carbons (Fsp3) is 0.0588. The number of nitrogens with zero attached hydrogens (tertiary/aromatic N) is 4. The van der Waals surface area contributed by atoms with Crippen molar-refractivity contribution in [3.63, 3.8) is 0 Å². The average molecular weight is 412 g/mol. The van der Waals surface area contributed by atoms with Crippen molar-refractivity contribution < 1.29 is 0 Å². The van der Waals surface area contributed by atoms with E-state index in [0.29, 0.717) is 27.4 Å². The Morgan fingerprint density at radius 3 is 2.80 bits per heavy atom. The summed E-state index contributed by atoms with van der Waals surface area (Å²) in [6.45, 7) is 0.333. The first kappa shape index (κ1) is 15.7. The van der Waals surface area contributed by atoms with Gasteiger partial charge in [-0.05, 0) is 24.3 Å². The number of anilines is 1. The van der Waals surface area contributed by atoms with Crippen LogP contribution in [0.4, 0.5) is 5.82 Å². The Morgan fingerprint density at radius 1 is 1.24 bits per heavy atom. The monoisotopic (exact) mass is 411 g/mol. The van der Waals surface area contributed by atoms with Gasteiger partial charge in [0.25, 0.3) is 5.56 Å². The Kier molecular flexibility index (Phi) is 3.95. The second-order valence-electron chi connectivity index (χ2n) is 5.14. The van der Waals surface area contributed by atoms with E-state index >= 15 is 0 Å². The fourth-order valence-electron chi connectivity index (χ4n) is 2.52. The number of aromatic nitrogens is 4. The molecular weight excluding hydrogens is 402 g/mol. The number of thiophene rings is 1. The van der Waals surface area contributed by atoms with Crippen molar-refractivity contribution >= 4 is 53.5 Å². The molecule has 122 valence electrons. The normalized spacial score (nSPS) is 10.9. The highest BCUT2D eigenvalue weighted by atomic mass is 79.9. The first-order chi connectivity index (χ1) is 12.2. The summed E-state index contributed by atoms with van der Waals surface area (Å²) in [6, 6.07) is 7.46. The third-order valence-corrected chi connectivity index (χ3v) is 5.24. The van der Waals surface area contributed by atoms with Crippen molar-refractivity contribution in [2.75, 3.05) is 11.9 Å². The van der Waals surface area contributed by atoms with Crippen LogP contribution < -0.4 is 10.9 Å². The Morgan fingerprint density at radius 2 is 2.04 bits per heavy atom. The van der Waals surface area contributed by atoms with E-state index in [1.807, 2.05) is 24.3 Å². The van der Waals surface area contributed by atoms with Gasteiger partial charge in [-0.15, -0.1) is 17.8 Å². The molecule has 4 aromatic rings. The Labute approximate surface area is 154 Å². The van der Waals surface area contributed by atoms with Crippen LogP contribution in [-0.2, 0) is 0 Å². The SMILES string of the molecule is C#CCNc1ncnc2sc3c(=O)n(-c4ccc(Br)cc4)cnc3c12. The number of nitrogens with one attached hydrogen (secondary N) is 1. The molecule has 25 heavy (non-hydrogen) atoms. The first-order valence-electron chi connectivity index (χ1n) is 7.27. The maximum atomic E-state index is 12.9. The van der Waals surface area contributed by atoms with E-state index in [9.17, 15) is 4.79 Å². The predicted octanol–water partition coefficient (Wildman–Crippen LogP) is 3.20. The molecule has 0 aliphatic rings. The van der Waals surface area contributed by atoms with Crippen molar-refractivity contribution in [2.45, 2.75) is 0 Å². The highest BCUT2D eigenvalue weighted by Crippen LogP contribution is 2.32. The minimum absolute atomic E-state index is 0.141. The molecule has 3 aromatic heterocycles. The molecule has 4 rings (SSSR count). The zero-order chi connectivity index (χ0) is 17.4. The van der Waals surface area contributed by atoms with Crippen molar-refractivity contribution in [3.05, 3.63) is 51.7 Å². The lowest BCUT2D eigenvalue weighted by molar-refractivity contribution is 0.967. The van der Waals surface area contributed by atoms with Crippen LogP contribution in [-0.4, -0.2) is 26.1 Å². The van der Waals surface area contributed by atoms with Gasteiger partial charge in [0.2, 0.25) is 0 Å². The summed E-state index contributed by atoms with van der Waals surface area (Å²) in [5.41, 5.74) is 1.19. The van der Waals surface area contributed by atoms with Gasteiger partial charge < -0.3 is 5.32 Å². The van der Waals surface area contributed by atoms with Gasteiger partial charge in [-0.2, -0.15) is 0 Å². The molecule has 0 fully saturated rings. The van der Waals surface area contributed by atoms with E-state index in [-0.39, 0.29) is 5.56 Å². The third-order valence-electron chi connectivity index (χ3n) is 3.64. The van der Waals surface area contributed by atoms with Gasteiger partial charge in [0.15, 0.2) is 0 Å². The average Bonchev–Trinajstić information content (AvgIpc) is 3.01. The van der Waals surface area contributed by atoms with Gasteiger partial charge in [0.05, 0.1) is 17.6 Å². The largest absolute Gasteiger partial charge is 0.358 e. The molecular formula is C17H10BrN5OS. The van der Waals surface area contributed by atoms with Crippen LogP contribution in [0.2, 0.25) is 0 Å². The molecule has 1 aromatic carbocycles. The summed E-state index contributed by atoms with van der Waals surface area (Å²) in [5.74, 6) is 3.10. The number of hydrogen-bond donors (Lipinski definition) is 1. The molecule has 8 heteroatoms. The smallest absolute Gasteiger partial charge is 0.275 e. The first-order valence-corrected chi connectivity index (χ1v) is 8.88. The quantitative estimate of drug-likeness (QED) is 0.524. The van der Waals surface area contributed by atoms with Gasteiger partial charge >= 0.3 is 0 Å². The molecule has 0 amide bonds. The highest BCUT2D eigenvalue weighted by Gasteiger charge is 2.16. The second kappa shape index (κ2) is 6.27. The molecule has 0 unspecified atom stereocenters. The van der Waals surface area contributed by atoms with E-state index in [2.05, 4.69) is 42.1 Å². The van der Waals surface area contributed by atoms with Crippen LogP contribution in [0.25, 0.3) is 26.1 Å². The molecule has 6 nitrogen and oxygen atoms in total. The number of rotatable bonds is 3. The van der Waals surface area contributed by atoms with E-state index in [4.69, 9.17) is 6.42 Å². The zero-order valence-corrected chi connectivity index (χ0v) is 15.1. The topological polar surface area (TPSA) is 72.7 Å².